The van der Waals surface area contributed by atoms with Crippen LogP contribution in [0.15, 0.2) is 24.3 Å². The Morgan fingerprint density at radius 3 is 2.06 bits per heavy atom. The molecule has 0 unspecified atom stereocenters. The molecule has 5 heteroatoms. The minimum absolute atomic E-state index is 0.150. The van der Waals surface area contributed by atoms with E-state index in [2.05, 4.69) is 10.5 Å². The summed E-state index contributed by atoms with van der Waals surface area (Å²) in [6.07, 6.45) is -0.299. The van der Waals surface area contributed by atoms with Crippen LogP contribution < -0.4 is 0 Å². The van der Waals surface area contributed by atoms with Crippen LogP contribution in [0.5, 0.6) is 0 Å². The summed E-state index contributed by atoms with van der Waals surface area (Å²) in [4.78, 5) is 0. The van der Waals surface area contributed by atoms with Crippen molar-refractivity contribution in [3.63, 3.8) is 0 Å². The van der Waals surface area contributed by atoms with Crippen LogP contribution in [-0.4, -0.2) is 22.7 Å². The lowest BCUT2D eigenvalue weighted by Gasteiger charge is -2.35. The van der Waals surface area contributed by atoms with Gasteiger partial charge in [0.25, 0.3) is 10.5 Å². The van der Waals surface area contributed by atoms with Gasteiger partial charge in [-0.05, 0) is 39.8 Å². The maximum Gasteiger partial charge on any atom is 0.302 e. The van der Waals surface area contributed by atoms with Crippen molar-refractivity contribution < 1.29 is 18.3 Å². The summed E-state index contributed by atoms with van der Waals surface area (Å²) < 4.78 is 29.9. The number of hydrogen-bond acceptors (Lipinski definition) is 3. The summed E-state index contributed by atoms with van der Waals surface area (Å²) in [6, 6.07) is 5.95. The summed E-state index contributed by atoms with van der Waals surface area (Å²) in [5.74, 6) is -1.83. The standard InChI is InChI=1S/C13H18FO3Si/c1-9(2)15-13(17-18,16-10(3)4)11-6-5-7-12(14)8-11/h5-10H,1-4H3. The predicted molar refractivity (Wildman–Crippen MR) is 67.4 cm³/mol. The van der Waals surface area contributed by atoms with E-state index in [0.29, 0.717) is 5.56 Å². The van der Waals surface area contributed by atoms with E-state index < -0.39 is 5.97 Å². The molecule has 0 saturated carbocycles. The molecule has 3 radical (unpaired) electrons. The molecule has 0 N–H and O–H groups in total. The van der Waals surface area contributed by atoms with E-state index in [0.717, 1.165) is 0 Å². The Hall–Kier alpha value is -0.753. The molecule has 0 aliphatic rings. The molecule has 0 atom stereocenters. The fraction of sp³-hybridized carbons (Fsp3) is 0.538. The number of rotatable bonds is 6. The zero-order valence-corrected chi connectivity index (χ0v) is 12.1. The monoisotopic (exact) mass is 269 g/mol. The lowest BCUT2D eigenvalue weighted by molar-refractivity contribution is -0.378. The first kappa shape index (κ1) is 15.3. The minimum Gasteiger partial charge on any atom is -0.367 e. The first-order valence-corrected chi connectivity index (χ1v) is 6.27. The van der Waals surface area contributed by atoms with Gasteiger partial charge >= 0.3 is 5.97 Å². The van der Waals surface area contributed by atoms with Gasteiger partial charge in [-0.1, -0.05) is 12.1 Å². The Morgan fingerprint density at radius 2 is 1.67 bits per heavy atom. The van der Waals surface area contributed by atoms with Gasteiger partial charge in [0, 0.05) is 5.56 Å². The van der Waals surface area contributed by atoms with Gasteiger partial charge in [-0.25, -0.2) is 4.39 Å². The molecule has 0 heterocycles. The molecule has 3 nitrogen and oxygen atoms in total. The van der Waals surface area contributed by atoms with Crippen LogP contribution in [-0.2, 0) is 19.9 Å². The second-order valence-electron chi connectivity index (χ2n) is 4.50. The average Bonchev–Trinajstić information content (AvgIpc) is 2.26. The van der Waals surface area contributed by atoms with Crippen molar-refractivity contribution in [2.24, 2.45) is 0 Å². The highest BCUT2D eigenvalue weighted by atomic mass is 28.2. The first-order valence-electron chi connectivity index (χ1n) is 5.86. The maximum atomic E-state index is 13.3. The molecule has 0 aromatic heterocycles. The molecule has 1 aromatic carbocycles. The van der Waals surface area contributed by atoms with Crippen LogP contribution in [0.3, 0.4) is 0 Å². The van der Waals surface area contributed by atoms with Crippen LogP contribution in [0.25, 0.3) is 0 Å². The van der Waals surface area contributed by atoms with Gasteiger partial charge in [-0.2, -0.15) is 0 Å². The molecular weight excluding hydrogens is 251 g/mol. The summed E-state index contributed by atoms with van der Waals surface area (Å²) in [5.41, 5.74) is 0.458. The molecule has 0 spiro atoms. The van der Waals surface area contributed by atoms with Crippen molar-refractivity contribution in [1.82, 2.24) is 0 Å². The van der Waals surface area contributed by atoms with Gasteiger partial charge in [0.2, 0.25) is 0 Å². The van der Waals surface area contributed by atoms with Crippen LogP contribution >= 0.6 is 0 Å². The third-order valence-electron chi connectivity index (χ3n) is 2.09. The van der Waals surface area contributed by atoms with E-state index in [1.807, 2.05) is 27.7 Å². The molecule has 0 amide bonds. The Morgan fingerprint density at radius 1 is 1.11 bits per heavy atom. The van der Waals surface area contributed by atoms with Crippen LogP contribution in [0.2, 0.25) is 0 Å². The molecular formula is C13H18FO3Si. The Bertz CT molecular complexity index is 372. The summed E-state index contributed by atoms with van der Waals surface area (Å²) in [5, 5.41) is 0. The molecule has 99 valence electrons. The molecule has 0 saturated heterocycles. The maximum absolute atomic E-state index is 13.3. The summed E-state index contributed by atoms with van der Waals surface area (Å²) in [7, 11) is 2.97. The second kappa shape index (κ2) is 6.42. The van der Waals surface area contributed by atoms with Gasteiger partial charge in [-0.15, -0.1) is 0 Å². The van der Waals surface area contributed by atoms with E-state index in [-0.39, 0.29) is 18.0 Å². The van der Waals surface area contributed by atoms with Crippen LogP contribution in [0.4, 0.5) is 4.39 Å². The molecule has 0 fully saturated rings. The third kappa shape index (κ3) is 3.88. The van der Waals surface area contributed by atoms with Gasteiger partial charge in [-0.3, -0.25) is 0 Å². The highest BCUT2D eigenvalue weighted by molar-refractivity contribution is 5.98. The number of ether oxygens (including phenoxy) is 2. The van der Waals surface area contributed by atoms with E-state index in [1.165, 1.54) is 12.1 Å². The van der Waals surface area contributed by atoms with E-state index in [1.54, 1.807) is 12.1 Å². The highest BCUT2D eigenvalue weighted by Crippen LogP contribution is 2.31. The van der Waals surface area contributed by atoms with Crippen molar-refractivity contribution in [3.8, 4) is 0 Å². The van der Waals surface area contributed by atoms with Crippen LogP contribution in [0.1, 0.15) is 33.3 Å². The molecule has 0 aliphatic carbocycles. The summed E-state index contributed by atoms with van der Waals surface area (Å²) in [6.45, 7) is 7.40. The van der Waals surface area contributed by atoms with Crippen LogP contribution in [0, 0.1) is 5.82 Å². The number of benzene rings is 1. The molecule has 1 aromatic rings. The SMILES string of the molecule is CC(C)OC(O[Si])(OC(C)C)c1cccc(F)c1. The van der Waals surface area contributed by atoms with Crippen molar-refractivity contribution in [3.05, 3.63) is 35.6 Å². The predicted octanol–water partition coefficient (Wildman–Crippen LogP) is 2.89. The van der Waals surface area contributed by atoms with Crippen molar-refractivity contribution in [2.45, 2.75) is 45.9 Å². The Balaban J connectivity index is 3.16. The zero-order valence-electron chi connectivity index (χ0n) is 11.1. The quantitative estimate of drug-likeness (QED) is 0.587. The molecule has 0 aliphatic heterocycles. The van der Waals surface area contributed by atoms with Crippen molar-refractivity contribution in [2.75, 3.05) is 0 Å². The van der Waals surface area contributed by atoms with Gasteiger partial charge < -0.3 is 13.9 Å². The van der Waals surface area contributed by atoms with Crippen molar-refractivity contribution in [1.29, 1.82) is 0 Å². The molecule has 0 bridgehead atoms. The second-order valence-corrected chi connectivity index (χ2v) is 4.71. The fourth-order valence-electron chi connectivity index (χ4n) is 1.57. The lowest BCUT2D eigenvalue weighted by Crippen LogP contribution is -2.40. The summed E-state index contributed by atoms with van der Waals surface area (Å²) >= 11 is 0. The lowest BCUT2D eigenvalue weighted by atomic mass is 10.1. The number of halogens is 1. The van der Waals surface area contributed by atoms with E-state index in [4.69, 9.17) is 13.9 Å². The first-order chi connectivity index (χ1) is 8.39. The molecule has 18 heavy (non-hydrogen) atoms. The average molecular weight is 269 g/mol. The Labute approximate surface area is 111 Å². The Kier molecular flexibility index (Phi) is 5.46. The van der Waals surface area contributed by atoms with E-state index in [9.17, 15) is 4.39 Å². The smallest absolute Gasteiger partial charge is 0.302 e. The largest absolute Gasteiger partial charge is 0.367 e. The third-order valence-corrected chi connectivity index (χ3v) is 2.36. The molecule has 1 rings (SSSR count). The normalized spacial score (nSPS) is 12.4. The van der Waals surface area contributed by atoms with Crippen molar-refractivity contribution >= 4 is 10.5 Å². The van der Waals surface area contributed by atoms with Gasteiger partial charge in [0.15, 0.2) is 0 Å². The van der Waals surface area contributed by atoms with Gasteiger partial charge in [0.1, 0.15) is 5.82 Å². The van der Waals surface area contributed by atoms with E-state index >= 15 is 0 Å². The zero-order chi connectivity index (χ0) is 13.8. The van der Waals surface area contributed by atoms with Gasteiger partial charge in [0.05, 0.1) is 12.2 Å². The fourth-order valence-corrected chi connectivity index (χ4v) is 1.78. The topological polar surface area (TPSA) is 27.7 Å². The number of hydrogen-bond donors (Lipinski definition) is 0. The highest BCUT2D eigenvalue weighted by Gasteiger charge is 2.37. The minimum atomic E-state index is -1.46.